The molecule has 0 aromatic carbocycles. The van der Waals surface area contributed by atoms with Crippen LogP contribution in [0.15, 0.2) is 0 Å². The van der Waals surface area contributed by atoms with Gasteiger partial charge in [-0.15, -0.1) is 5.10 Å². The second-order valence-corrected chi connectivity index (χ2v) is 5.01. The first-order valence-corrected chi connectivity index (χ1v) is 6.45. The summed E-state index contributed by atoms with van der Waals surface area (Å²) >= 11 is 1.13. The molecule has 106 valence electrons. The van der Waals surface area contributed by atoms with E-state index in [1.165, 1.54) is 11.8 Å². The number of rotatable bonds is 3. The minimum atomic E-state index is -0.573. The Morgan fingerprint density at radius 2 is 2.05 bits per heavy atom. The van der Waals surface area contributed by atoms with E-state index in [1.54, 1.807) is 20.9 Å². The van der Waals surface area contributed by atoms with Gasteiger partial charge in [-0.05, 0) is 25.4 Å². The normalized spacial score (nSPS) is 10.4. The van der Waals surface area contributed by atoms with Crippen molar-refractivity contribution in [2.45, 2.75) is 13.8 Å². The molecule has 2 rings (SSSR count). The van der Waals surface area contributed by atoms with Crippen LogP contribution in [0.2, 0.25) is 0 Å². The van der Waals surface area contributed by atoms with Crippen LogP contribution in [0.3, 0.4) is 0 Å². The highest BCUT2D eigenvalue weighted by molar-refractivity contribution is 7.05. The Kier molecular flexibility index (Phi) is 3.79. The lowest BCUT2D eigenvalue weighted by atomic mass is 10.2. The van der Waals surface area contributed by atoms with Gasteiger partial charge in [0.2, 0.25) is 0 Å². The zero-order chi connectivity index (χ0) is 14.9. The number of nitrogens with one attached hydrogen (secondary N) is 1. The smallest absolute Gasteiger partial charge is 0.358 e. The van der Waals surface area contributed by atoms with Crippen LogP contribution in [0.25, 0.3) is 0 Å². The van der Waals surface area contributed by atoms with Crippen LogP contribution in [-0.4, -0.2) is 38.4 Å². The van der Waals surface area contributed by atoms with Gasteiger partial charge in [-0.3, -0.25) is 9.48 Å². The molecule has 0 saturated carbocycles. The van der Waals surface area contributed by atoms with E-state index in [0.717, 1.165) is 11.5 Å². The van der Waals surface area contributed by atoms with Crippen LogP contribution in [0.5, 0.6) is 0 Å². The molecule has 0 bridgehead atoms. The zero-order valence-corrected chi connectivity index (χ0v) is 12.2. The number of carbonyl (C=O) groups excluding carboxylic acids is 2. The predicted molar refractivity (Wildman–Crippen MR) is 71.9 cm³/mol. The van der Waals surface area contributed by atoms with Gasteiger partial charge in [0.15, 0.2) is 11.4 Å². The Morgan fingerprint density at radius 1 is 1.35 bits per heavy atom. The molecule has 0 spiro atoms. The number of aromatic nitrogens is 4. The maximum Gasteiger partial charge on any atom is 0.358 e. The van der Waals surface area contributed by atoms with Crippen molar-refractivity contribution >= 4 is 29.1 Å². The SMILES string of the molecule is COC(=O)c1c(NC(=O)c2nnsc2C)c(C)nn1C. The van der Waals surface area contributed by atoms with Gasteiger partial charge in [-0.25, -0.2) is 4.79 Å². The monoisotopic (exact) mass is 295 g/mol. The number of ether oxygens (including phenoxy) is 1. The molecular formula is C11H13N5O3S. The maximum atomic E-state index is 12.1. The Morgan fingerprint density at radius 3 is 2.60 bits per heavy atom. The standard InChI is InChI=1S/C11H13N5O3S/c1-5-7(9(11(18)19-4)16(3)14-5)12-10(17)8-6(2)20-15-13-8/h1-4H3,(H,12,17). The van der Waals surface area contributed by atoms with Crippen LogP contribution in [-0.2, 0) is 11.8 Å². The van der Waals surface area contributed by atoms with Gasteiger partial charge in [-0.2, -0.15) is 5.10 Å². The van der Waals surface area contributed by atoms with Crippen LogP contribution in [0.1, 0.15) is 31.5 Å². The molecule has 0 aliphatic carbocycles. The van der Waals surface area contributed by atoms with Crippen molar-refractivity contribution in [2.24, 2.45) is 7.05 Å². The molecule has 1 amide bonds. The molecule has 0 radical (unpaired) electrons. The molecule has 0 unspecified atom stereocenters. The first-order chi connectivity index (χ1) is 9.45. The molecule has 2 aromatic rings. The molecule has 1 N–H and O–H groups in total. The topological polar surface area (TPSA) is 99.0 Å². The van der Waals surface area contributed by atoms with Gasteiger partial charge in [0, 0.05) is 7.05 Å². The first kappa shape index (κ1) is 14.1. The fourth-order valence-corrected chi connectivity index (χ4v) is 2.22. The van der Waals surface area contributed by atoms with E-state index in [9.17, 15) is 9.59 Å². The van der Waals surface area contributed by atoms with Gasteiger partial charge in [0.1, 0.15) is 0 Å². The third-order valence-electron chi connectivity index (χ3n) is 2.71. The molecule has 0 fully saturated rings. The van der Waals surface area contributed by atoms with Crippen molar-refractivity contribution in [2.75, 3.05) is 12.4 Å². The molecule has 20 heavy (non-hydrogen) atoms. The maximum absolute atomic E-state index is 12.1. The third kappa shape index (κ3) is 2.39. The van der Waals surface area contributed by atoms with E-state index in [1.807, 2.05) is 0 Å². The quantitative estimate of drug-likeness (QED) is 0.846. The number of methoxy groups -OCH3 is 1. The van der Waals surface area contributed by atoms with Crippen LogP contribution >= 0.6 is 11.5 Å². The largest absolute Gasteiger partial charge is 0.464 e. The van der Waals surface area contributed by atoms with E-state index in [-0.39, 0.29) is 11.4 Å². The summed E-state index contributed by atoms with van der Waals surface area (Å²) < 4.78 is 9.76. The third-order valence-corrected chi connectivity index (χ3v) is 3.34. The summed E-state index contributed by atoms with van der Waals surface area (Å²) in [6.07, 6.45) is 0. The molecular weight excluding hydrogens is 282 g/mol. The number of hydrogen-bond donors (Lipinski definition) is 1. The molecule has 8 nitrogen and oxygen atoms in total. The summed E-state index contributed by atoms with van der Waals surface area (Å²) in [6.45, 7) is 3.44. The second-order valence-electron chi connectivity index (χ2n) is 4.06. The van der Waals surface area contributed by atoms with Crippen molar-refractivity contribution in [1.29, 1.82) is 0 Å². The minimum Gasteiger partial charge on any atom is -0.464 e. The van der Waals surface area contributed by atoms with E-state index >= 15 is 0 Å². The van der Waals surface area contributed by atoms with Gasteiger partial charge < -0.3 is 10.1 Å². The Bertz CT molecular complexity index is 676. The molecule has 9 heteroatoms. The summed E-state index contributed by atoms with van der Waals surface area (Å²) in [5.41, 5.74) is 1.24. The summed E-state index contributed by atoms with van der Waals surface area (Å²) in [5, 5.41) is 10.5. The fraction of sp³-hybridized carbons (Fsp3) is 0.364. The average Bonchev–Trinajstić information content (AvgIpc) is 2.93. The van der Waals surface area contributed by atoms with E-state index in [0.29, 0.717) is 16.3 Å². The summed E-state index contributed by atoms with van der Waals surface area (Å²) in [5.74, 6) is -1.01. The van der Waals surface area contributed by atoms with Crippen LogP contribution in [0, 0.1) is 13.8 Å². The van der Waals surface area contributed by atoms with Crippen LogP contribution in [0.4, 0.5) is 5.69 Å². The number of hydrogen-bond acceptors (Lipinski definition) is 7. The molecule has 0 aliphatic rings. The van der Waals surface area contributed by atoms with E-state index in [4.69, 9.17) is 4.74 Å². The summed E-state index contributed by atoms with van der Waals surface area (Å²) in [6, 6.07) is 0. The lowest BCUT2D eigenvalue weighted by molar-refractivity contribution is 0.0589. The summed E-state index contributed by atoms with van der Waals surface area (Å²) in [7, 11) is 2.87. The van der Waals surface area contributed by atoms with Crippen LogP contribution < -0.4 is 5.32 Å². The zero-order valence-electron chi connectivity index (χ0n) is 11.4. The predicted octanol–water partition coefficient (Wildman–Crippen LogP) is 0.927. The molecule has 0 saturated heterocycles. The van der Waals surface area contributed by atoms with Crippen molar-refractivity contribution < 1.29 is 14.3 Å². The molecule has 0 atom stereocenters. The highest BCUT2D eigenvalue weighted by Gasteiger charge is 2.24. The number of esters is 1. The van der Waals surface area contributed by atoms with Gasteiger partial charge in [-0.1, -0.05) is 4.49 Å². The lowest BCUT2D eigenvalue weighted by Gasteiger charge is -2.06. The Labute approximate surface area is 118 Å². The number of anilines is 1. The second kappa shape index (κ2) is 5.37. The molecule has 0 aliphatic heterocycles. The Hall–Kier alpha value is -2.29. The van der Waals surface area contributed by atoms with Crippen molar-refractivity contribution in [1.82, 2.24) is 19.4 Å². The number of carbonyl (C=O) groups is 2. The molecule has 2 heterocycles. The van der Waals surface area contributed by atoms with Gasteiger partial charge in [0.25, 0.3) is 5.91 Å². The van der Waals surface area contributed by atoms with Gasteiger partial charge >= 0.3 is 5.97 Å². The lowest BCUT2D eigenvalue weighted by Crippen LogP contribution is -2.17. The van der Waals surface area contributed by atoms with Gasteiger partial charge in [0.05, 0.1) is 23.4 Å². The first-order valence-electron chi connectivity index (χ1n) is 5.68. The average molecular weight is 295 g/mol. The number of aryl methyl sites for hydroxylation is 3. The van der Waals surface area contributed by atoms with E-state index in [2.05, 4.69) is 20.0 Å². The van der Waals surface area contributed by atoms with Crippen molar-refractivity contribution in [3.63, 3.8) is 0 Å². The highest BCUT2D eigenvalue weighted by Crippen LogP contribution is 2.22. The fourth-order valence-electron chi connectivity index (χ4n) is 1.75. The summed E-state index contributed by atoms with van der Waals surface area (Å²) in [4.78, 5) is 24.6. The number of amides is 1. The van der Waals surface area contributed by atoms with E-state index < -0.39 is 11.9 Å². The minimum absolute atomic E-state index is 0.180. The van der Waals surface area contributed by atoms with Crippen molar-refractivity contribution in [3.8, 4) is 0 Å². The highest BCUT2D eigenvalue weighted by atomic mass is 32.1. The number of nitrogens with zero attached hydrogens (tertiary/aromatic N) is 4. The van der Waals surface area contributed by atoms with Crippen molar-refractivity contribution in [3.05, 3.63) is 22.0 Å². The molecule has 2 aromatic heterocycles. The Balaban J connectivity index is 2.37.